The highest BCUT2D eigenvalue weighted by Gasteiger charge is 2.12. The summed E-state index contributed by atoms with van der Waals surface area (Å²) in [5.41, 5.74) is 0.302. The number of hydrogen-bond acceptors (Lipinski definition) is 4. The fourth-order valence-corrected chi connectivity index (χ4v) is 2.14. The summed E-state index contributed by atoms with van der Waals surface area (Å²) in [6.07, 6.45) is 1.31. The van der Waals surface area contributed by atoms with Crippen LogP contribution in [0.25, 0.3) is 0 Å². The molecule has 2 rings (SSSR count). The van der Waals surface area contributed by atoms with Crippen LogP contribution in [0.4, 0.5) is 10.1 Å². The maximum Gasteiger partial charge on any atom is 0.246 e. The summed E-state index contributed by atoms with van der Waals surface area (Å²) in [5.74, 6) is -0.873. The number of halogens is 3. The van der Waals surface area contributed by atoms with Gasteiger partial charge in [0.15, 0.2) is 0 Å². The molecule has 18 heavy (non-hydrogen) atoms. The standard InChI is InChI=1S/C9H6BrClFN5O/c10-6-1-5(12)2-7(11)9(6)14-8(18)3-17-4-13-15-16-17/h1-2,4H,3H2,(H,14,18). The molecule has 0 radical (unpaired) electrons. The Kier molecular flexibility index (Phi) is 3.87. The molecule has 0 fully saturated rings. The lowest BCUT2D eigenvalue weighted by molar-refractivity contribution is -0.116. The third-order valence-electron chi connectivity index (χ3n) is 1.97. The normalized spacial score (nSPS) is 10.4. The summed E-state index contributed by atoms with van der Waals surface area (Å²) in [7, 11) is 0. The fraction of sp³-hybridized carbons (Fsp3) is 0.111. The van der Waals surface area contributed by atoms with Gasteiger partial charge < -0.3 is 5.32 Å². The van der Waals surface area contributed by atoms with E-state index in [-0.39, 0.29) is 17.5 Å². The highest BCUT2D eigenvalue weighted by Crippen LogP contribution is 2.31. The van der Waals surface area contributed by atoms with Crippen LogP contribution in [-0.4, -0.2) is 26.1 Å². The Morgan fingerprint density at radius 3 is 2.94 bits per heavy atom. The second kappa shape index (κ2) is 5.40. The first kappa shape index (κ1) is 12.9. The van der Waals surface area contributed by atoms with Crippen molar-refractivity contribution in [2.45, 2.75) is 6.54 Å². The summed E-state index contributed by atoms with van der Waals surface area (Å²) in [4.78, 5) is 11.7. The molecule has 6 nitrogen and oxygen atoms in total. The van der Waals surface area contributed by atoms with Gasteiger partial charge in [0.05, 0.1) is 10.7 Å². The summed E-state index contributed by atoms with van der Waals surface area (Å²) in [6.45, 7) is -0.0624. The van der Waals surface area contributed by atoms with Crippen molar-refractivity contribution < 1.29 is 9.18 Å². The highest BCUT2D eigenvalue weighted by molar-refractivity contribution is 9.10. The second-order valence-corrected chi connectivity index (χ2v) is 4.56. The van der Waals surface area contributed by atoms with E-state index in [4.69, 9.17) is 11.6 Å². The van der Waals surface area contributed by atoms with Crippen LogP contribution in [0.15, 0.2) is 22.9 Å². The van der Waals surface area contributed by atoms with Crippen molar-refractivity contribution in [3.63, 3.8) is 0 Å². The van der Waals surface area contributed by atoms with Crippen LogP contribution in [0.5, 0.6) is 0 Å². The molecule has 0 unspecified atom stereocenters. The molecule has 1 aromatic carbocycles. The Morgan fingerprint density at radius 2 is 2.33 bits per heavy atom. The van der Waals surface area contributed by atoms with Crippen molar-refractivity contribution in [3.8, 4) is 0 Å². The van der Waals surface area contributed by atoms with Crippen molar-refractivity contribution in [2.75, 3.05) is 5.32 Å². The average Bonchev–Trinajstić information content (AvgIpc) is 2.76. The number of anilines is 1. The fourth-order valence-electron chi connectivity index (χ4n) is 1.24. The Labute approximate surface area is 114 Å². The zero-order chi connectivity index (χ0) is 13.1. The van der Waals surface area contributed by atoms with Gasteiger partial charge in [-0.25, -0.2) is 9.07 Å². The number of nitrogens with one attached hydrogen (secondary N) is 1. The topological polar surface area (TPSA) is 72.7 Å². The molecule has 0 saturated heterocycles. The molecular weight excluding hydrogens is 328 g/mol. The quantitative estimate of drug-likeness (QED) is 0.930. The molecule has 1 amide bonds. The van der Waals surface area contributed by atoms with Gasteiger partial charge in [-0.15, -0.1) is 5.10 Å². The van der Waals surface area contributed by atoms with Crippen LogP contribution >= 0.6 is 27.5 Å². The number of benzene rings is 1. The lowest BCUT2D eigenvalue weighted by Crippen LogP contribution is -2.19. The molecule has 0 bridgehead atoms. The molecule has 0 aliphatic carbocycles. The van der Waals surface area contributed by atoms with Gasteiger partial charge in [-0.05, 0) is 38.5 Å². The highest BCUT2D eigenvalue weighted by atomic mass is 79.9. The molecule has 9 heteroatoms. The van der Waals surface area contributed by atoms with Gasteiger partial charge in [0, 0.05) is 4.47 Å². The predicted molar refractivity (Wildman–Crippen MR) is 65.6 cm³/mol. The van der Waals surface area contributed by atoms with Gasteiger partial charge in [-0.1, -0.05) is 11.6 Å². The number of nitrogens with zero attached hydrogens (tertiary/aromatic N) is 4. The third-order valence-corrected chi connectivity index (χ3v) is 2.89. The number of carbonyl (C=O) groups is 1. The number of rotatable bonds is 3. The van der Waals surface area contributed by atoms with E-state index >= 15 is 0 Å². The van der Waals surface area contributed by atoms with E-state index in [9.17, 15) is 9.18 Å². The van der Waals surface area contributed by atoms with E-state index < -0.39 is 5.82 Å². The summed E-state index contributed by atoms with van der Waals surface area (Å²) in [6, 6.07) is 2.32. The molecule has 0 spiro atoms. The van der Waals surface area contributed by atoms with Gasteiger partial charge in [-0.2, -0.15) is 0 Å². The lowest BCUT2D eigenvalue weighted by atomic mass is 10.3. The van der Waals surface area contributed by atoms with Gasteiger partial charge >= 0.3 is 0 Å². The molecule has 1 aromatic heterocycles. The maximum absolute atomic E-state index is 13.0. The van der Waals surface area contributed by atoms with Crippen molar-refractivity contribution in [1.82, 2.24) is 20.2 Å². The van der Waals surface area contributed by atoms with Crippen LogP contribution in [0.3, 0.4) is 0 Å². The zero-order valence-corrected chi connectivity index (χ0v) is 11.1. The smallest absolute Gasteiger partial charge is 0.246 e. The molecule has 1 heterocycles. The van der Waals surface area contributed by atoms with Crippen LogP contribution < -0.4 is 5.32 Å². The van der Waals surface area contributed by atoms with Crippen LogP contribution in [0, 0.1) is 5.82 Å². The number of amides is 1. The van der Waals surface area contributed by atoms with Crippen LogP contribution in [-0.2, 0) is 11.3 Å². The van der Waals surface area contributed by atoms with Crippen molar-refractivity contribution in [2.24, 2.45) is 0 Å². The summed E-state index contributed by atoms with van der Waals surface area (Å²) >= 11 is 8.95. The van der Waals surface area contributed by atoms with Gasteiger partial charge in [0.25, 0.3) is 0 Å². The van der Waals surface area contributed by atoms with E-state index in [1.54, 1.807) is 0 Å². The number of carbonyl (C=O) groups excluding carboxylic acids is 1. The molecule has 0 atom stereocenters. The molecule has 94 valence electrons. The van der Waals surface area contributed by atoms with Crippen molar-refractivity contribution in [1.29, 1.82) is 0 Å². The first-order chi connectivity index (χ1) is 8.56. The van der Waals surface area contributed by atoms with Crippen LogP contribution in [0.1, 0.15) is 0 Å². The molecule has 0 saturated carbocycles. The molecule has 0 aliphatic heterocycles. The minimum atomic E-state index is -0.495. The second-order valence-electron chi connectivity index (χ2n) is 3.30. The monoisotopic (exact) mass is 333 g/mol. The van der Waals surface area contributed by atoms with Gasteiger partial charge in [-0.3, -0.25) is 4.79 Å². The molecular formula is C9H6BrClFN5O. The van der Waals surface area contributed by atoms with Crippen molar-refractivity contribution in [3.05, 3.63) is 33.8 Å². The molecule has 1 N–H and O–H groups in total. The third kappa shape index (κ3) is 3.02. The van der Waals surface area contributed by atoms with Crippen molar-refractivity contribution >= 4 is 39.1 Å². The Morgan fingerprint density at radius 1 is 1.56 bits per heavy atom. The van der Waals surface area contributed by atoms with E-state index in [1.807, 2.05) is 0 Å². The van der Waals surface area contributed by atoms with E-state index in [2.05, 4.69) is 36.8 Å². The number of tetrazole rings is 1. The average molecular weight is 335 g/mol. The minimum absolute atomic E-state index is 0.0624. The maximum atomic E-state index is 13.0. The van der Waals surface area contributed by atoms with Gasteiger partial charge in [0.1, 0.15) is 18.7 Å². The first-order valence-electron chi connectivity index (χ1n) is 4.71. The van der Waals surface area contributed by atoms with E-state index in [0.29, 0.717) is 10.2 Å². The first-order valence-corrected chi connectivity index (χ1v) is 5.88. The minimum Gasteiger partial charge on any atom is -0.322 e. The SMILES string of the molecule is O=C(Cn1cnnn1)Nc1c(Cl)cc(F)cc1Br. The molecule has 2 aromatic rings. The summed E-state index contributed by atoms with van der Waals surface area (Å²) < 4.78 is 14.6. The largest absolute Gasteiger partial charge is 0.322 e. The Bertz CT molecular complexity index is 553. The zero-order valence-electron chi connectivity index (χ0n) is 8.77. The van der Waals surface area contributed by atoms with Crippen LogP contribution in [0.2, 0.25) is 5.02 Å². The van der Waals surface area contributed by atoms with E-state index in [1.165, 1.54) is 17.1 Å². The molecule has 0 aliphatic rings. The predicted octanol–water partition coefficient (Wildman–Crippen LogP) is 1.87. The van der Waals surface area contributed by atoms with E-state index in [0.717, 1.165) is 6.07 Å². The number of hydrogen-bond donors (Lipinski definition) is 1. The lowest BCUT2D eigenvalue weighted by Gasteiger charge is -2.09. The Balaban J connectivity index is 2.12. The van der Waals surface area contributed by atoms with Gasteiger partial charge in [0.2, 0.25) is 5.91 Å². The summed E-state index contributed by atoms with van der Waals surface area (Å²) in [5, 5.41) is 13.0. The Hall–Kier alpha value is -1.54. The number of aromatic nitrogens is 4.